The van der Waals surface area contributed by atoms with E-state index in [1.165, 1.54) is 25.4 Å². The van der Waals surface area contributed by atoms with Gasteiger partial charge in [0.15, 0.2) is 0 Å². The number of nitrogens with two attached hydrogens (primary N) is 1. The number of benzene rings is 1. The normalized spacial score (nSPS) is 11.4. The highest BCUT2D eigenvalue weighted by Crippen LogP contribution is 2.32. The molecule has 0 unspecified atom stereocenters. The van der Waals surface area contributed by atoms with Crippen molar-refractivity contribution in [3.63, 3.8) is 0 Å². The lowest BCUT2D eigenvalue weighted by Gasteiger charge is -2.14. The van der Waals surface area contributed by atoms with Gasteiger partial charge in [0.05, 0.1) is 17.5 Å². The van der Waals surface area contributed by atoms with Gasteiger partial charge >= 0.3 is 6.18 Å². The van der Waals surface area contributed by atoms with E-state index in [0.717, 1.165) is 6.07 Å². The highest BCUT2D eigenvalue weighted by molar-refractivity contribution is 5.91. The van der Waals surface area contributed by atoms with E-state index < -0.39 is 17.6 Å². The topological polar surface area (TPSA) is 80.9 Å². The van der Waals surface area contributed by atoms with Crippen molar-refractivity contribution in [3.8, 4) is 0 Å². The Hall–Kier alpha value is -2.48. The fraction of sp³-hybridized carbons (Fsp3) is 0.421. The molecule has 0 bridgehead atoms. The molecule has 0 saturated heterocycles. The van der Waals surface area contributed by atoms with E-state index >= 15 is 0 Å². The van der Waals surface area contributed by atoms with Crippen LogP contribution >= 0.6 is 0 Å². The number of nitrogens with zero attached hydrogens (tertiary/aromatic N) is 2. The van der Waals surface area contributed by atoms with Crippen molar-refractivity contribution >= 4 is 5.91 Å². The Morgan fingerprint density at radius 3 is 2.26 bits per heavy atom. The first-order chi connectivity index (χ1) is 12.3. The first kappa shape index (κ1) is 22.6. The Kier molecular flexibility index (Phi) is 7.47. The number of rotatable bonds is 3. The first-order valence-electron chi connectivity index (χ1n) is 8.30. The summed E-state index contributed by atoms with van der Waals surface area (Å²) in [5.41, 5.74) is 5.88. The third-order valence-corrected chi connectivity index (χ3v) is 3.18. The van der Waals surface area contributed by atoms with E-state index in [4.69, 9.17) is 5.73 Å². The summed E-state index contributed by atoms with van der Waals surface area (Å²) in [6.45, 7) is 8.97. The van der Waals surface area contributed by atoms with Crippen LogP contribution < -0.4 is 11.1 Å². The van der Waals surface area contributed by atoms with Crippen LogP contribution in [0.4, 0.5) is 13.2 Å². The molecule has 0 aliphatic rings. The minimum Gasteiger partial charge on any atom is -0.347 e. The molecule has 1 amide bonds. The third-order valence-electron chi connectivity index (χ3n) is 3.18. The molecule has 148 valence electrons. The number of amides is 1. The van der Waals surface area contributed by atoms with Crippen molar-refractivity contribution in [2.24, 2.45) is 5.73 Å². The van der Waals surface area contributed by atoms with Crippen LogP contribution in [0.3, 0.4) is 0 Å². The predicted octanol–water partition coefficient (Wildman–Crippen LogP) is 3.79. The summed E-state index contributed by atoms with van der Waals surface area (Å²) >= 11 is 0. The summed E-state index contributed by atoms with van der Waals surface area (Å²) in [5.74, 6) is -0.479. The molecule has 0 spiro atoms. The van der Waals surface area contributed by atoms with Crippen molar-refractivity contribution in [3.05, 3.63) is 58.7 Å². The molecule has 27 heavy (non-hydrogen) atoms. The number of hydrogen-bond donors (Lipinski definition) is 2. The van der Waals surface area contributed by atoms with E-state index in [2.05, 4.69) is 15.3 Å². The fourth-order valence-electron chi connectivity index (χ4n) is 2.02. The molecular weight excluding hydrogens is 357 g/mol. The van der Waals surface area contributed by atoms with Crippen LogP contribution in [-0.4, -0.2) is 21.4 Å². The van der Waals surface area contributed by atoms with Crippen LogP contribution in [-0.2, 0) is 12.7 Å². The van der Waals surface area contributed by atoms with Gasteiger partial charge < -0.3 is 11.1 Å². The van der Waals surface area contributed by atoms with Crippen molar-refractivity contribution < 1.29 is 18.0 Å². The van der Waals surface area contributed by atoms with Crippen LogP contribution in [0.1, 0.15) is 53.6 Å². The predicted molar refractivity (Wildman–Crippen MR) is 98.1 cm³/mol. The van der Waals surface area contributed by atoms with Gasteiger partial charge in [-0.15, -0.1) is 0 Å². The molecule has 1 aromatic heterocycles. The second-order valence-electron chi connectivity index (χ2n) is 7.18. The van der Waals surface area contributed by atoms with Gasteiger partial charge in [-0.3, -0.25) is 9.78 Å². The molecule has 0 fully saturated rings. The largest absolute Gasteiger partial charge is 0.416 e. The number of alkyl halides is 3. The van der Waals surface area contributed by atoms with Gasteiger partial charge in [0.1, 0.15) is 5.69 Å². The molecule has 8 heteroatoms. The maximum Gasteiger partial charge on any atom is 0.416 e. The number of aromatic nitrogens is 2. The lowest BCUT2D eigenvalue weighted by Crippen LogP contribution is -2.26. The Morgan fingerprint density at radius 1 is 1.15 bits per heavy atom. The molecule has 1 aromatic carbocycles. The van der Waals surface area contributed by atoms with Gasteiger partial charge in [0, 0.05) is 18.3 Å². The van der Waals surface area contributed by atoms with Crippen molar-refractivity contribution in [2.75, 3.05) is 0 Å². The number of carbonyl (C=O) groups excluding carboxylic acids is 1. The second kappa shape index (κ2) is 8.94. The van der Waals surface area contributed by atoms with E-state index in [1.807, 2.05) is 20.8 Å². The number of carbonyl (C=O) groups is 1. The maximum absolute atomic E-state index is 12.8. The minimum absolute atomic E-state index is 0. The summed E-state index contributed by atoms with van der Waals surface area (Å²) in [7, 11) is 0. The zero-order valence-corrected chi connectivity index (χ0v) is 16.1. The standard InChI is InChI=1S/C15H14F3N3O.C4H11N/c1-9-6-19-8-13(21-9)14(22)20-7-11-4-3-5-12(10(11)2)15(16,17)18;1-4(2,3)5/h3-6,8H,7H2,1-2H3,(H,20,22);5H2,1-3H3. The number of hydrogen-bond acceptors (Lipinski definition) is 4. The summed E-state index contributed by atoms with van der Waals surface area (Å²) in [4.78, 5) is 19.8. The molecule has 2 rings (SSSR count). The Bertz CT molecular complexity index is 777. The third kappa shape index (κ3) is 8.17. The van der Waals surface area contributed by atoms with E-state index in [0.29, 0.717) is 11.3 Å². The zero-order chi connectivity index (χ0) is 20.8. The average Bonchev–Trinajstić information content (AvgIpc) is 2.51. The Balaban J connectivity index is 0.000000646. The molecular formula is C19H25F3N4O. The van der Waals surface area contributed by atoms with Crippen molar-refractivity contribution in [1.82, 2.24) is 15.3 Å². The van der Waals surface area contributed by atoms with Gasteiger partial charge in [-0.25, -0.2) is 4.98 Å². The van der Waals surface area contributed by atoms with Gasteiger partial charge in [-0.05, 0) is 51.8 Å². The molecule has 2 aromatic rings. The SMILES string of the molecule is CC(C)(C)N.Cc1cncc(C(=O)NCc2cccc(C(F)(F)F)c2C)n1. The summed E-state index contributed by atoms with van der Waals surface area (Å²) in [6.07, 6.45) is -1.60. The molecule has 0 radical (unpaired) electrons. The van der Waals surface area contributed by atoms with Crippen LogP contribution in [0.15, 0.2) is 30.6 Å². The average molecular weight is 382 g/mol. The molecule has 3 N–H and O–H groups in total. The van der Waals surface area contributed by atoms with Crippen molar-refractivity contribution in [1.29, 1.82) is 0 Å². The second-order valence-corrected chi connectivity index (χ2v) is 7.18. The molecule has 5 nitrogen and oxygen atoms in total. The molecule has 0 aliphatic carbocycles. The smallest absolute Gasteiger partial charge is 0.347 e. The van der Waals surface area contributed by atoms with Crippen LogP contribution in [0.25, 0.3) is 0 Å². The number of nitrogens with one attached hydrogen (secondary N) is 1. The van der Waals surface area contributed by atoms with Crippen LogP contribution in [0, 0.1) is 13.8 Å². The Labute approximate surface area is 157 Å². The molecule has 0 saturated carbocycles. The van der Waals surface area contributed by atoms with Gasteiger partial charge in [-0.2, -0.15) is 13.2 Å². The highest BCUT2D eigenvalue weighted by Gasteiger charge is 2.32. The van der Waals surface area contributed by atoms with Crippen molar-refractivity contribution in [2.45, 2.75) is 52.9 Å². The lowest BCUT2D eigenvalue weighted by molar-refractivity contribution is -0.138. The van der Waals surface area contributed by atoms with Crippen LogP contribution in [0.5, 0.6) is 0 Å². The highest BCUT2D eigenvalue weighted by atomic mass is 19.4. The monoisotopic (exact) mass is 382 g/mol. The summed E-state index contributed by atoms with van der Waals surface area (Å²) in [6, 6.07) is 3.89. The quantitative estimate of drug-likeness (QED) is 0.846. The fourth-order valence-corrected chi connectivity index (χ4v) is 2.02. The summed E-state index contributed by atoms with van der Waals surface area (Å²) in [5, 5.41) is 2.55. The van der Waals surface area contributed by atoms with E-state index in [9.17, 15) is 18.0 Å². The maximum atomic E-state index is 12.8. The summed E-state index contributed by atoms with van der Waals surface area (Å²) < 4.78 is 38.5. The van der Waals surface area contributed by atoms with Gasteiger partial charge in [0.25, 0.3) is 5.91 Å². The molecule has 0 aliphatic heterocycles. The zero-order valence-electron chi connectivity index (χ0n) is 16.1. The number of halogens is 3. The molecule has 1 heterocycles. The Morgan fingerprint density at radius 2 is 1.74 bits per heavy atom. The minimum atomic E-state index is -4.41. The number of aryl methyl sites for hydroxylation is 1. The van der Waals surface area contributed by atoms with E-state index in [-0.39, 0.29) is 23.3 Å². The first-order valence-corrected chi connectivity index (χ1v) is 8.30. The van der Waals surface area contributed by atoms with Gasteiger partial charge in [0.2, 0.25) is 0 Å². The lowest BCUT2D eigenvalue weighted by atomic mass is 10.0. The van der Waals surface area contributed by atoms with Crippen LogP contribution in [0.2, 0.25) is 0 Å². The molecule has 0 atom stereocenters. The van der Waals surface area contributed by atoms with E-state index in [1.54, 1.807) is 13.0 Å². The van der Waals surface area contributed by atoms with Gasteiger partial charge in [-0.1, -0.05) is 12.1 Å².